The lowest BCUT2D eigenvalue weighted by Crippen LogP contribution is -2.09. The van der Waals surface area contributed by atoms with Crippen LogP contribution >= 0.6 is 0 Å². The third kappa shape index (κ3) is 1.45. The first-order valence-electron chi connectivity index (χ1n) is 5.12. The maximum Gasteiger partial charge on any atom is 0.245 e. The summed E-state index contributed by atoms with van der Waals surface area (Å²) in [7, 11) is 0. The van der Waals surface area contributed by atoms with Crippen LogP contribution in [0.25, 0.3) is 22.9 Å². The molecule has 0 aliphatic carbocycles. The van der Waals surface area contributed by atoms with Crippen LogP contribution in [0.2, 0.25) is 0 Å². The molecule has 4 aromatic rings. The average molecular weight is 256 g/mol. The lowest BCUT2D eigenvalue weighted by atomic mass is 10.5. The van der Waals surface area contributed by atoms with Crippen molar-refractivity contribution in [2.45, 2.75) is 0 Å². The average Bonchev–Trinajstić information content (AvgIpc) is 3.18. The molecule has 19 heavy (non-hydrogen) atoms. The first-order valence-corrected chi connectivity index (χ1v) is 5.12. The van der Waals surface area contributed by atoms with Crippen molar-refractivity contribution < 1.29 is 4.63 Å². The molecule has 0 bridgehead atoms. The molecule has 0 aliphatic heterocycles. The van der Waals surface area contributed by atoms with Crippen molar-refractivity contribution in [1.29, 1.82) is 0 Å². The van der Waals surface area contributed by atoms with Gasteiger partial charge in [0.15, 0.2) is 0 Å². The third-order valence-corrected chi connectivity index (χ3v) is 2.35. The summed E-state index contributed by atoms with van der Waals surface area (Å²) in [5, 5.41) is 15.3. The Kier molecular flexibility index (Phi) is 1.86. The molecule has 4 rings (SSSR count). The van der Waals surface area contributed by atoms with Crippen LogP contribution in [0.3, 0.4) is 0 Å². The molecule has 11 nitrogen and oxygen atoms in total. The molecular formula is C8H4N10O. The van der Waals surface area contributed by atoms with Crippen molar-refractivity contribution in [2.24, 2.45) is 0 Å². The predicted octanol–water partition coefficient (Wildman–Crippen LogP) is -0.826. The largest absolute Gasteiger partial charge is 0.245 e. The van der Waals surface area contributed by atoms with E-state index in [0.29, 0.717) is 11.6 Å². The van der Waals surface area contributed by atoms with Crippen LogP contribution in [0.4, 0.5) is 0 Å². The Hall–Kier alpha value is -3.24. The van der Waals surface area contributed by atoms with Crippen molar-refractivity contribution in [3.8, 4) is 11.6 Å². The van der Waals surface area contributed by atoms with Gasteiger partial charge in [-0.2, -0.15) is 29.5 Å². The second-order valence-electron chi connectivity index (χ2n) is 3.46. The first kappa shape index (κ1) is 9.76. The van der Waals surface area contributed by atoms with E-state index in [9.17, 15) is 0 Å². The van der Waals surface area contributed by atoms with Crippen molar-refractivity contribution >= 4 is 11.3 Å². The number of nitrogens with zero attached hydrogens (tertiary/aromatic N) is 10. The van der Waals surface area contributed by atoms with Gasteiger partial charge >= 0.3 is 0 Å². The minimum Gasteiger partial charge on any atom is -0.240 e. The lowest BCUT2D eigenvalue weighted by molar-refractivity contribution is 0.314. The smallest absolute Gasteiger partial charge is 0.240 e. The first-order chi connectivity index (χ1) is 9.42. The van der Waals surface area contributed by atoms with Gasteiger partial charge in [0.05, 0.1) is 0 Å². The summed E-state index contributed by atoms with van der Waals surface area (Å²) in [5.74, 6) is 0.789. The molecule has 11 heteroatoms. The van der Waals surface area contributed by atoms with Crippen LogP contribution in [0.15, 0.2) is 29.9 Å². The van der Waals surface area contributed by atoms with Crippen molar-refractivity contribution in [1.82, 2.24) is 49.8 Å². The molecule has 0 fully saturated rings. The number of hydrogen-bond donors (Lipinski definition) is 0. The molecule has 0 unspecified atom stereocenters. The molecule has 4 heterocycles. The second-order valence-corrected chi connectivity index (χ2v) is 3.46. The molecule has 0 saturated heterocycles. The minimum atomic E-state index is 0.273. The molecule has 0 saturated carbocycles. The summed E-state index contributed by atoms with van der Waals surface area (Å²) in [6.07, 6.45) is 5.75. The van der Waals surface area contributed by atoms with Gasteiger partial charge in [0, 0.05) is 0 Å². The molecule has 92 valence electrons. The van der Waals surface area contributed by atoms with E-state index in [1.165, 1.54) is 34.7 Å². The van der Waals surface area contributed by atoms with E-state index in [-0.39, 0.29) is 11.3 Å². The maximum atomic E-state index is 4.59. The molecule has 4 aromatic heterocycles. The van der Waals surface area contributed by atoms with Crippen LogP contribution in [-0.2, 0) is 0 Å². The quantitative estimate of drug-likeness (QED) is 0.451. The number of rotatable bonds is 2. The fourth-order valence-electron chi connectivity index (χ4n) is 1.56. The van der Waals surface area contributed by atoms with Crippen LogP contribution in [0, 0.1) is 0 Å². The summed E-state index contributed by atoms with van der Waals surface area (Å²) in [6, 6.07) is 0. The Morgan fingerprint density at radius 3 is 1.74 bits per heavy atom. The summed E-state index contributed by atoms with van der Waals surface area (Å²) < 4.78 is 7.48. The Morgan fingerprint density at radius 2 is 1.32 bits per heavy atom. The van der Waals surface area contributed by atoms with Gasteiger partial charge in [0.1, 0.15) is 25.3 Å². The van der Waals surface area contributed by atoms with E-state index in [1.54, 1.807) is 0 Å². The van der Waals surface area contributed by atoms with E-state index in [0.717, 1.165) is 0 Å². The molecule has 0 aliphatic rings. The highest BCUT2D eigenvalue weighted by atomic mass is 16.6. The Labute approximate surface area is 103 Å². The van der Waals surface area contributed by atoms with Crippen LogP contribution in [-0.4, -0.2) is 49.8 Å². The van der Waals surface area contributed by atoms with Gasteiger partial charge in [-0.3, -0.25) is 0 Å². The molecule has 0 amide bonds. The molecule has 0 radical (unpaired) electrons. The molecule has 0 aromatic carbocycles. The van der Waals surface area contributed by atoms with Crippen molar-refractivity contribution in [2.75, 3.05) is 0 Å². The zero-order chi connectivity index (χ0) is 12.7. The van der Waals surface area contributed by atoms with Crippen LogP contribution in [0.1, 0.15) is 0 Å². The van der Waals surface area contributed by atoms with Gasteiger partial charge in [-0.05, 0) is 10.3 Å². The highest BCUT2D eigenvalue weighted by molar-refractivity contribution is 5.66. The van der Waals surface area contributed by atoms with Gasteiger partial charge < -0.3 is 0 Å². The second kappa shape index (κ2) is 3.63. The van der Waals surface area contributed by atoms with E-state index < -0.39 is 0 Å². The van der Waals surface area contributed by atoms with Crippen LogP contribution in [0.5, 0.6) is 0 Å². The van der Waals surface area contributed by atoms with Gasteiger partial charge in [-0.15, -0.1) is 0 Å². The van der Waals surface area contributed by atoms with Gasteiger partial charge in [0.25, 0.3) is 0 Å². The maximum absolute atomic E-state index is 4.59. The number of fused-ring (bicyclic) bond motifs is 1. The summed E-state index contributed by atoms with van der Waals surface area (Å²) in [4.78, 5) is 16.3. The molecular weight excluding hydrogens is 252 g/mol. The summed E-state index contributed by atoms with van der Waals surface area (Å²) in [6.45, 7) is 0. The number of aromatic nitrogens is 10. The van der Waals surface area contributed by atoms with Crippen molar-refractivity contribution in [3.63, 3.8) is 0 Å². The molecule has 0 N–H and O–H groups in total. The monoisotopic (exact) mass is 256 g/mol. The standard InChI is InChI=1S/C8H4N10O/c1-9-3-17(11-1)7-8(18-4-10-2-12-18)14-6-5(13-7)15-19-16-6/h1-4H. The Bertz CT molecular complexity index is 748. The summed E-state index contributed by atoms with van der Waals surface area (Å²) in [5.41, 5.74) is 0.545. The minimum absolute atomic E-state index is 0.273. The van der Waals surface area contributed by atoms with Crippen LogP contribution < -0.4 is 0 Å². The third-order valence-electron chi connectivity index (χ3n) is 2.35. The highest BCUT2D eigenvalue weighted by Crippen LogP contribution is 2.15. The van der Waals surface area contributed by atoms with Gasteiger partial charge in [-0.25, -0.2) is 14.6 Å². The predicted molar refractivity (Wildman–Crippen MR) is 57.2 cm³/mol. The lowest BCUT2D eigenvalue weighted by Gasteiger charge is -2.05. The highest BCUT2D eigenvalue weighted by Gasteiger charge is 2.16. The van der Waals surface area contributed by atoms with Gasteiger partial charge in [0.2, 0.25) is 22.9 Å². The van der Waals surface area contributed by atoms with E-state index >= 15 is 0 Å². The zero-order valence-electron chi connectivity index (χ0n) is 9.19. The van der Waals surface area contributed by atoms with E-state index in [2.05, 4.69) is 45.1 Å². The number of hydrogen-bond acceptors (Lipinski definition) is 9. The zero-order valence-corrected chi connectivity index (χ0v) is 9.19. The Morgan fingerprint density at radius 1 is 0.789 bits per heavy atom. The Balaban J connectivity index is 2.06. The SMILES string of the molecule is c1ncn(-c2nc3nonc3nc2-n2cncn2)n1. The fourth-order valence-corrected chi connectivity index (χ4v) is 1.56. The van der Waals surface area contributed by atoms with Gasteiger partial charge in [-0.1, -0.05) is 0 Å². The van der Waals surface area contributed by atoms with E-state index in [1.807, 2.05) is 0 Å². The fraction of sp³-hybridized carbons (Fsp3) is 0. The van der Waals surface area contributed by atoms with Crippen molar-refractivity contribution in [3.05, 3.63) is 25.3 Å². The molecule has 0 atom stereocenters. The molecule has 0 spiro atoms. The normalized spacial score (nSPS) is 11.2. The van der Waals surface area contributed by atoms with E-state index in [4.69, 9.17) is 0 Å². The summed E-state index contributed by atoms with van der Waals surface area (Å²) >= 11 is 0. The topological polar surface area (TPSA) is 126 Å².